The van der Waals surface area contributed by atoms with Crippen molar-refractivity contribution in [2.24, 2.45) is 0 Å². The molecule has 26 heavy (non-hydrogen) atoms. The fourth-order valence-electron chi connectivity index (χ4n) is 2.86. The number of benzene rings is 1. The number of sulfonamides is 1. The quantitative estimate of drug-likeness (QED) is 0.761. The molecule has 0 atom stereocenters. The third-order valence-electron chi connectivity index (χ3n) is 4.36. The van der Waals surface area contributed by atoms with E-state index in [4.69, 9.17) is 4.42 Å². The molecule has 0 radical (unpaired) electrons. The lowest BCUT2D eigenvalue weighted by atomic mass is 10.2. The summed E-state index contributed by atoms with van der Waals surface area (Å²) in [5.74, 6) is 0.479. The van der Waals surface area contributed by atoms with E-state index in [2.05, 4.69) is 0 Å². The average molecular weight is 376 g/mol. The van der Waals surface area contributed by atoms with Crippen LogP contribution in [0.2, 0.25) is 0 Å². The van der Waals surface area contributed by atoms with Gasteiger partial charge in [0.2, 0.25) is 10.0 Å². The van der Waals surface area contributed by atoms with Crippen molar-refractivity contribution in [3.63, 3.8) is 0 Å². The van der Waals surface area contributed by atoms with Crippen molar-refractivity contribution in [2.75, 3.05) is 26.2 Å². The van der Waals surface area contributed by atoms with Gasteiger partial charge < -0.3 is 9.32 Å². The van der Waals surface area contributed by atoms with E-state index in [9.17, 15) is 18.0 Å². The number of carbonyl (C=O) groups excluding carboxylic acids is 2. The van der Waals surface area contributed by atoms with Crippen molar-refractivity contribution in [2.45, 2.75) is 18.7 Å². The molecule has 8 heteroatoms. The van der Waals surface area contributed by atoms with Crippen LogP contribution in [0.15, 0.2) is 45.7 Å². The van der Waals surface area contributed by atoms with E-state index in [-0.39, 0.29) is 48.5 Å². The first-order valence-electron chi connectivity index (χ1n) is 8.26. The first-order valence-corrected chi connectivity index (χ1v) is 9.70. The summed E-state index contributed by atoms with van der Waals surface area (Å²) in [5, 5.41) is 0. The Labute approximate surface area is 152 Å². The van der Waals surface area contributed by atoms with E-state index in [0.29, 0.717) is 11.3 Å². The second-order valence-corrected chi connectivity index (χ2v) is 8.13. The number of ketones is 1. The topological polar surface area (TPSA) is 87.9 Å². The maximum atomic E-state index is 12.8. The normalized spacial score (nSPS) is 15.8. The summed E-state index contributed by atoms with van der Waals surface area (Å²) in [4.78, 5) is 25.5. The van der Waals surface area contributed by atoms with Gasteiger partial charge in [-0.25, -0.2) is 8.42 Å². The van der Waals surface area contributed by atoms with E-state index in [1.807, 2.05) is 0 Å². The Balaban J connectivity index is 1.72. The molecule has 0 saturated carbocycles. The predicted octanol–water partition coefficient (Wildman–Crippen LogP) is 1.94. The van der Waals surface area contributed by atoms with Crippen LogP contribution in [0.5, 0.6) is 0 Å². The highest BCUT2D eigenvalue weighted by atomic mass is 32.2. The highest BCUT2D eigenvalue weighted by Crippen LogP contribution is 2.20. The zero-order valence-electron chi connectivity index (χ0n) is 14.6. The van der Waals surface area contributed by atoms with Gasteiger partial charge in [0.1, 0.15) is 5.76 Å². The van der Waals surface area contributed by atoms with E-state index in [1.54, 1.807) is 36.1 Å². The van der Waals surface area contributed by atoms with Gasteiger partial charge in [-0.15, -0.1) is 0 Å². The third-order valence-corrected chi connectivity index (χ3v) is 6.25. The molecule has 2 aromatic rings. The standard InChI is InChI=1S/C18H20N2O5S/c1-13-6-7-17(25-13)18(22)19-8-10-20(11-9-19)26(23,24)16-5-3-4-15(12-16)14(2)21/h3-7,12H,8-11H2,1-2H3. The van der Waals surface area contributed by atoms with Gasteiger partial charge in [0, 0.05) is 31.7 Å². The Kier molecular flexibility index (Phi) is 4.97. The molecule has 1 aliphatic heterocycles. The molecule has 1 fully saturated rings. The second kappa shape index (κ2) is 7.05. The van der Waals surface area contributed by atoms with Crippen LogP contribution in [0, 0.1) is 6.92 Å². The summed E-state index contributed by atoms with van der Waals surface area (Å²) in [6.07, 6.45) is 0. The number of nitrogens with zero attached hydrogens (tertiary/aromatic N) is 2. The Morgan fingerprint density at radius 1 is 1.04 bits per heavy atom. The number of aryl methyl sites for hydroxylation is 1. The molecule has 1 aromatic heterocycles. The summed E-state index contributed by atoms with van der Waals surface area (Å²) in [5.41, 5.74) is 0.355. The molecule has 0 N–H and O–H groups in total. The van der Waals surface area contributed by atoms with Gasteiger partial charge in [-0.1, -0.05) is 12.1 Å². The highest BCUT2D eigenvalue weighted by Gasteiger charge is 2.31. The maximum Gasteiger partial charge on any atom is 0.289 e. The van der Waals surface area contributed by atoms with Gasteiger partial charge >= 0.3 is 0 Å². The lowest BCUT2D eigenvalue weighted by molar-refractivity contribution is 0.0664. The summed E-state index contributed by atoms with van der Waals surface area (Å²) in [6.45, 7) is 4.10. The van der Waals surface area contributed by atoms with Crippen molar-refractivity contribution in [3.05, 3.63) is 53.5 Å². The number of carbonyl (C=O) groups is 2. The van der Waals surface area contributed by atoms with Crippen LogP contribution < -0.4 is 0 Å². The molecule has 3 rings (SSSR count). The van der Waals surface area contributed by atoms with Crippen LogP contribution in [0.25, 0.3) is 0 Å². The molecule has 1 aliphatic rings. The number of Topliss-reactive ketones (excluding diaryl/α,β-unsaturated/α-hetero) is 1. The fraction of sp³-hybridized carbons (Fsp3) is 0.333. The van der Waals surface area contributed by atoms with Crippen molar-refractivity contribution < 1.29 is 22.4 Å². The number of furan rings is 1. The molecule has 1 aromatic carbocycles. The first kappa shape index (κ1) is 18.3. The third kappa shape index (κ3) is 3.56. The lowest BCUT2D eigenvalue weighted by Crippen LogP contribution is -2.50. The van der Waals surface area contributed by atoms with Crippen molar-refractivity contribution in [3.8, 4) is 0 Å². The van der Waals surface area contributed by atoms with Gasteiger partial charge in [0.25, 0.3) is 5.91 Å². The van der Waals surface area contributed by atoms with Crippen LogP contribution in [-0.2, 0) is 10.0 Å². The first-order chi connectivity index (χ1) is 12.3. The molecule has 1 amide bonds. The average Bonchev–Trinajstić information content (AvgIpc) is 3.07. The maximum absolute atomic E-state index is 12.8. The Morgan fingerprint density at radius 3 is 2.31 bits per heavy atom. The number of rotatable bonds is 4. The van der Waals surface area contributed by atoms with Gasteiger partial charge in [0.05, 0.1) is 4.90 Å². The van der Waals surface area contributed by atoms with Gasteiger partial charge in [0.15, 0.2) is 11.5 Å². The number of amides is 1. The van der Waals surface area contributed by atoms with Crippen molar-refractivity contribution in [1.29, 1.82) is 0 Å². The minimum absolute atomic E-state index is 0.0895. The number of hydrogen-bond acceptors (Lipinski definition) is 5. The SMILES string of the molecule is CC(=O)c1cccc(S(=O)(=O)N2CCN(C(=O)c3ccc(C)o3)CC2)c1. The smallest absolute Gasteiger partial charge is 0.289 e. The van der Waals surface area contributed by atoms with Gasteiger partial charge in [-0.05, 0) is 38.1 Å². The Hall–Kier alpha value is -2.45. The van der Waals surface area contributed by atoms with Crippen LogP contribution in [0.1, 0.15) is 33.6 Å². The minimum Gasteiger partial charge on any atom is -0.456 e. The number of hydrogen-bond donors (Lipinski definition) is 0. The molecule has 2 heterocycles. The molecular formula is C18H20N2O5S. The summed E-state index contributed by atoms with van der Waals surface area (Å²) in [7, 11) is -3.71. The van der Waals surface area contributed by atoms with Crippen molar-refractivity contribution in [1.82, 2.24) is 9.21 Å². The Bertz CT molecular complexity index is 940. The van der Waals surface area contributed by atoms with E-state index in [0.717, 1.165) is 0 Å². The molecular weight excluding hydrogens is 356 g/mol. The highest BCUT2D eigenvalue weighted by molar-refractivity contribution is 7.89. The number of piperazine rings is 1. The molecule has 1 saturated heterocycles. The molecule has 138 valence electrons. The molecule has 7 nitrogen and oxygen atoms in total. The van der Waals surface area contributed by atoms with Crippen LogP contribution in [0.3, 0.4) is 0 Å². The van der Waals surface area contributed by atoms with Gasteiger partial charge in [-0.2, -0.15) is 4.31 Å². The zero-order valence-corrected chi connectivity index (χ0v) is 15.5. The van der Waals surface area contributed by atoms with E-state index < -0.39 is 10.0 Å². The fourth-order valence-corrected chi connectivity index (χ4v) is 4.33. The monoisotopic (exact) mass is 376 g/mol. The molecule has 0 aliphatic carbocycles. The summed E-state index contributed by atoms with van der Waals surface area (Å²) < 4.78 is 32.3. The molecule has 0 unspecified atom stereocenters. The van der Waals surface area contributed by atoms with E-state index >= 15 is 0 Å². The Morgan fingerprint density at radius 2 is 1.73 bits per heavy atom. The summed E-state index contributed by atoms with van der Waals surface area (Å²) in [6, 6.07) is 9.35. The van der Waals surface area contributed by atoms with E-state index in [1.165, 1.54) is 23.4 Å². The zero-order chi connectivity index (χ0) is 18.9. The largest absolute Gasteiger partial charge is 0.456 e. The van der Waals surface area contributed by atoms with Gasteiger partial charge in [-0.3, -0.25) is 9.59 Å². The van der Waals surface area contributed by atoms with Crippen molar-refractivity contribution >= 4 is 21.7 Å². The summed E-state index contributed by atoms with van der Waals surface area (Å²) >= 11 is 0. The lowest BCUT2D eigenvalue weighted by Gasteiger charge is -2.33. The molecule has 0 spiro atoms. The molecule has 0 bridgehead atoms. The van der Waals surface area contributed by atoms with Crippen LogP contribution in [0.4, 0.5) is 0 Å². The predicted molar refractivity (Wildman–Crippen MR) is 94.6 cm³/mol. The minimum atomic E-state index is -3.71. The second-order valence-electron chi connectivity index (χ2n) is 6.19. The van der Waals surface area contributed by atoms with Crippen LogP contribution >= 0.6 is 0 Å². The van der Waals surface area contributed by atoms with Crippen LogP contribution in [-0.4, -0.2) is 55.5 Å².